The van der Waals surface area contributed by atoms with Crippen LogP contribution >= 0.6 is 11.8 Å². The van der Waals surface area contributed by atoms with E-state index in [2.05, 4.69) is 5.32 Å². The summed E-state index contributed by atoms with van der Waals surface area (Å²) in [6.45, 7) is 3.61. The van der Waals surface area contributed by atoms with Crippen LogP contribution in [0.2, 0.25) is 0 Å². The number of carbonyl (C=O) groups excluding carboxylic acids is 1. The molecule has 1 heterocycles. The number of hydrogen-bond acceptors (Lipinski definition) is 4. The number of phenolic OH excluding ortho intramolecular Hbond substituents is 1. The van der Waals surface area contributed by atoms with Crippen LogP contribution in [0.5, 0.6) is 5.75 Å². The van der Waals surface area contributed by atoms with Gasteiger partial charge in [-0.05, 0) is 37.7 Å². The van der Waals surface area contributed by atoms with Gasteiger partial charge in [-0.2, -0.15) is 0 Å². The first-order chi connectivity index (χ1) is 6.50. The van der Waals surface area contributed by atoms with Crippen LogP contribution in [0.25, 0.3) is 0 Å². The van der Waals surface area contributed by atoms with Crippen molar-refractivity contribution < 1.29 is 9.90 Å². The molecule has 0 bridgehead atoms. The van der Waals surface area contributed by atoms with E-state index in [1.165, 1.54) is 11.8 Å². The summed E-state index contributed by atoms with van der Waals surface area (Å²) < 4.78 is 0. The summed E-state index contributed by atoms with van der Waals surface area (Å²) in [5, 5.41) is 12.7. The van der Waals surface area contributed by atoms with Crippen molar-refractivity contribution in [2.75, 3.05) is 5.32 Å². The number of benzene rings is 1. The van der Waals surface area contributed by atoms with E-state index in [1.807, 2.05) is 6.07 Å². The van der Waals surface area contributed by atoms with Crippen LogP contribution in [0.4, 0.5) is 5.69 Å². The first-order valence-corrected chi connectivity index (χ1v) is 5.15. The molecule has 0 fully saturated rings. The van der Waals surface area contributed by atoms with Gasteiger partial charge in [0.25, 0.3) is 0 Å². The van der Waals surface area contributed by atoms with Crippen LogP contribution in [-0.2, 0) is 4.79 Å². The molecule has 1 aromatic carbocycles. The first-order valence-electron chi connectivity index (χ1n) is 4.33. The van der Waals surface area contributed by atoms with Crippen LogP contribution in [0, 0.1) is 0 Å². The standard InChI is InChI=1S/C10H11NO2S/c1-10(2)9(13)14-7-5-3-4-6(12)8(7)11-10/h3-5,11-12H,1-2H3. The van der Waals surface area contributed by atoms with E-state index in [0.29, 0.717) is 5.69 Å². The molecule has 74 valence electrons. The van der Waals surface area contributed by atoms with Crippen molar-refractivity contribution in [3.05, 3.63) is 18.2 Å². The van der Waals surface area contributed by atoms with E-state index in [0.717, 1.165) is 4.90 Å². The van der Waals surface area contributed by atoms with Gasteiger partial charge in [-0.3, -0.25) is 4.79 Å². The van der Waals surface area contributed by atoms with Gasteiger partial charge in [0.15, 0.2) is 0 Å². The Hall–Kier alpha value is -1.16. The molecule has 1 aromatic rings. The number of fused-ring (bicyclic) bond motifs is 1. The minimum absolute atomic E-state index is 0.0654. The van der Waals surface area contributed by atoms with E-state index < -0.39 is 5.54 Å². The highest BCUT2D eigenvalue weighted by atomic mass is 32.2. The third-order valence-electron chi connectivity index (χ3n) is 2.15. The third-order valence-corrected chi connectivity index (χ3v) is 3.41. The lowest BCUT2D eigenvalue weighted by Crippen LogP contribution is -2.40. The van der Waals surface area contributed by atoms with Gasteiger partial charge >= 0.3 is 0 Å². The zero-order chi connectivity index (χ0) is 10.3. The fourth-order valence-electron chi connectivity index (χ4n) is 1.32. The predicted molar refractivity (Wildman–Crippen MR) is 56.7 cm³/mol. The summed E-state index contributed by atoms with van der Waals surface area (Å²) in [4.78, 5) is 12.4. The molecule has 14 heavy (non-hydrogen) atoms. The third kappa shape index (κ3) is 1.35. The number of anilines is 1. The number of para-hydroxylation sites is 1. The Morgan fingerprint density at radius 1 is 1.43 bits per heavy atom. The Labute approximate surface area is 86.5 Å². The Kier molecular flexibility index (Phi) is 1.96. The lowest BCUT2D eigenvalue weighted by Gasteiger charge is -2.31. The molecule has 2 N–H and O–H groups in total. The molecule has 2 rings (SSSR count). The Balaban J connectivity index is 2.51. The van der Waals surface area contributed by atoms with Crippen LogP contribution in [-0.4, -0.2) is 15.8 Å². The zero-order valence-electron chi connectivity index (χ0n) is 8.00. The monoisotopic (exact) mass is 209 g/mol. The minimum Gasteiger partial charge on any atom is -0.506 e. The second-order valence-corrected chi connectivity index (χ2v) is 4.80. The molecular weight excluding hydrogens is 198 g/mol. The highest BCUT2D eigenvalue weighted by Gasteiger charge is 2.34. The molecule has 4 heteroatoms. The summed E-state index contributed by atoms with van der Waals surface area (Å²) in [5.74, 6) is 0.190. The molecule has 0 atom stereocenters. The Morgan fingerprint density at radius 3 is 2.86 bits per heavy atom. The Morgan fingerprint density at radius 2 is 2.14 bits per heavy atom. The number of phenols is 1. The SMILES string of the molecule is CC1(C)Nc2c(O)cccc2SC1=O. The first kappa shape index (κ1) is 9.40. The summed E-state index contributed by atoms with van der Waals surface area (Å²) in [7, 11) is 0. The molecule has 0 spiro atoms. The average molecular weight is 209 g/mol. The van der Waals surface area contributed by atoms with Crippen LogP contribution < -0.4 is 5.32 Å². The number of carbonyl (C=O) groups is 1. The van der Waals surface area contributed by atoms with E-state index >= 15 is 0 Å². The van der Waals surface area contributed by atoms with Crippen molar-refractivity contribution in [2.24, 2.45) is 0 Å². The molecule has 0 saturated heterocycles. The summed E-state index contributed by atoms with van der Waals surface area (Å²) >= 11 is 1.17. The van der Waals surface area contributed by atoms with Gasteiger partial charge in [0, 0.05) is 4.90 Å². The zero-order valence-corrected chi connectivity index (χ0v) is 8.81. The second-order valence-electron chi connectivity index (χ2n) is 3.79. The number of thioether (sulfide) groups is 1. The van der Waals surface area contributed by atoms with Crippen LogP contribution in [0.3, 0.4) is 0 Å². The average Bonchev–Trinajstić information content (AvgIpc) is 2.09. The maximum atomic E-state index is 11.6. The predicted octanol–water partition coefficient (Wildman–Crippen LogP) is 2.21. The normalized spacial score (nSPS) is 18.6. The molecule has 0 amide bonds. The van der Waals surface area contributed by atoms with Crippen molar-refractivity contribution in [1.29, 1.82) is 0 Å². The van der Waals surface area contributed by atoms with Crippen LogP contribution in [0.1, 0.15) is 13.8 Å². The van der Waals surface area contributed by atoms with Gasteiger partial charge < -0.3 is 10.4 Å². The molecule has 0 aliphatic carbocycles. The smallest absolute Gasteiger partial charge is 0.218 e. The maximum absolute atomic E-state index is 11.6. The fraction of sp³-hybridized carbons (Fsp3) is 0.300. The van der Waals surface area contributed by atoms with E-state index in [1.54, 1.807) is 26.0 Å². The summed E-state index contributed by atoms with van der Waals surface area (Å²) in [6.07, 6.45) is 0. The second kappa shape index (κ2) is 2.92. The number of rotatable bonds is 0. The molecule has 1 aliphatic rings. The van der Waals surface area contributed by atoms with Crippen molar-refractivity contribution in [3.8, 4) is 5.75 Å². The minimum atomic E-state index is -0.615. The molecule has 0 unspecified atom stereocenters. The van der Waals surface area contributed by atoms with Crippen molar-refractivity contribution in [3.63, 3.8) is 0 Å². The van der Waals surface area contributed by atoms with Crippen LogP contribution in [0.15, 0.2) is 23.1 Å². The Bertz CT molecular complexity index is 401. The summed E-state index contributed by atoms with van der Waals surface area (Å²) in [5.41, 5.74) is 0.0401. The van der Waals surface area contributed by atoms with Crippen molar-refractivity contribution in [2.45, 2.75) is 24.3 Å². The lowest BCUT2D eigenvalue weighted by molar-refractivity contribution is -0.114. The van der Waals surface area contributed by atoms with Gasteiger partial charge in [0.05, 0.1) is 5.69 Å². The largest absolute Gasteiger partial charge is 0.506 e. The molecule has 0 aromatic heterocycles. The van der Waals surface area contributed by atoms with Gasteiger partial charge in [-0.15, -0.1) is 0 Å². The quantitative estimate of drug-likeness (QED) is 0.643. The number of nitrogens with one attached hydrogen (secondary N) is 1. The summed E-state index contributed by atoms with van der Waals surface area (Å²) in [6, 6.07) is 5.16. The van der Waals surface area contributed by atoms with Crippen molar-refractivity contribution in [1.82, 2.24) is 0 Å². The molecule has 0 radical (unpaired) electrons. The van der Waals surface area contributed by atoms with Gasteiger partial charge in [-0.1, -0.05) is 6.07 Å². The number of aromatic hydroxyl groups is 1. The highest BCUT2D eigenvalue weighted by Crippen LogP contribution is 2.42. The molecule has 3 nitrogen and oxygen atoms in total. The molecular formula is C10H11NO2S. The molecule has 0 saturated carbocycles. The van der Waals surface area contributed by atoms with Gasteiger partial charge in [-0.25, -0.2) is 0 Å². The van der Waals surface area contributed by atoms with Crippen molar-refractivity contribution >= 4 is 22.6 Å². The topological polar surface area (TPSA) is 49.3 Å². The molecule has 1 aliphatic heterocycles. The maximum Gasteiger partial charge on any atom is 0.218 e. The lowest BCUT2D eigenvalue weighted by atomic mass is 10.1. The van der Waals surface area contributed by atoms with E-state index in [9.17, 15) is 9.90 Å². The van der Waals surface area contributed by atoms with Gasteiger partial charge in [0.2, 0.25) is 5.12 Å². The van der Waals surface area contributed by atoms with Gasteiger partial charge in [0.1, 0.15) is 11.3 Å². The van der Waals surface area contributed by atoms with E-state index in [4.69, 9.17) is 0 Å². The van der Waals surface area contributed by atoms with E-state index in [-0.39, 0.29) is 10.9 Å². The fourth-order valence-corrected chi connectivity index (χ4v) is 2.23. The number of hydrogen-bond donors (Lipinski definition) is 2. The highest BCUT2D eigenvalue weighted by molar-refractivity contribution is 8.14.